The molecule has 0 fully saturated rings. The Morgan fingerprint density at radius 3 is 2.55 bits per heavy atom. The lowest BCUT2D eigenvalue weighted by molar-refractivity contribution is -0.111. The largest absolute Gasteiger partial charge is 0.493 e. The van der Waals surface area contributed by atoms with Gasteiger partial charge in [-0.05, 0) is 66.1 Å². The van der Waals surface area contributed by atoms with Crippen molar-refractivity contribution >= 4 is 39.3 Å². The Bertz CT molecular complexity index is 1750. The number of amides is 2. The van der Waals surface area contributed by atoms with Crippen LogP contribution in [-0.4, -0.2) is 41.0 Å². The number of fused-ring (bicyclic) bond motifs is 1. The SMILES string of the molecule is COc1cc(C=CC(=O)Nc2ccccc2C(=O)NCc2ccco2)cc(S(=O)(=O)N2CCc3ccccc32)c1OC. The molecule has 4 aromatic rings. The molecule has 2 N–H and O–H groups in total. The summed E-state index contributed by atoms with van der Waals surface area (Å²) in [6, 6.07) is 20.4. The predicted octanol–water partition coefficient (Wildman–Crippen LogP) is 4.63. The fraction of sp³-hybridized carbons (Fsp3) is 0.161. The summed E-state index contributed by atoms with van der Waals surface area (Å²) in [5, 5.41) is 5.47. The first-order chi connectivity index (χ1) is 20.3. The van der Waals surface area contributed by atoms with Gasteiger partial charge in [-0.25, -0.2) is 8.42 Å². The zero-order valence-corrected chi connectivity index (χ0v) is 23.8. The average molecular weight is 588 g/mol. The minimum Gasteiger partial charge on any atom is -0.493 e. The van der Waals surface area contributed by atoms with Crippen molar-refractivity contribution in [3.63, 3.8) is 0 Å². The van der Waals surface area contributed by atoms with Gasteiger partial charge in [0.2, 0.25) is 5.91 Å². The standard InChI is InChI=1S/C31H29N3O7S/c1-39-27-18-21(19-28(30(27)40-2)42(37,38)34-16-15-22-8-3-6-12-26(22)34)13-14-29(35)33-25-11-5-4-10-24(25)31(36)32-20-23-9-7-17-41-23/h3-14,17-19H,15-16,20H2,1-2H3,(H,32,36)(H,33,35). The van der Waals surface area contributed by atoms with Crippen molar-refractivity contribution in [1.29, 1.82) is 0 Å². The predicted molar refractivity (Wildman–Crippen MR) is 158 cm³/mol. The van der Waals surface area contributed by atoms with Crippen LogP contribution in [0.1, 0.15) is 27.2 Å². The van der Waals surface area contributed by atoms with Gasteiger partial charge >= 0.3 is 0 Å². The fourth-order valence-corrected chi connectivity index (χ4v) is 6.44. The van der Waals surface area contributed by atoms with Crippen LogP contribution in [0.25, 0.3) is 6.08 Å². The molecule has 1 aromatic heterocycles. The number of para-hydroxylation sites is 2. The first-order valence-electron chi connectivity index (χ1n) is 13.1. The van der Waals surface area contributed by atoms with Gasteiger partial charge in [-0.3, -0.25) is 13.9 Å². The van der Waals surface area contributed by atoms with Crippen LogP contribution in [-0.2, 0) is 27.8 Å². The number of furan rings is 1. The molecule has 1 aliphatic rings. The summed E-state index contributed by atoms with van der Waals surface area (Å²) in [4.78, 5) is 25.6. The summed E-state index contributed by atoms with van der Waals surface area (Å²) >= 11 is 0. The van der Waals surface area contributed by atoms with E-state index in [0.717, 1.165) is 5.56 Å². The Morgan fingerprint density at radius 2 is 1.79 bits per heavy atom. The number of hydrogen-bond donors (Lipinski definition) is 2. The van der Waals surface area contributed by atoms with Gasteiger partial charge in [0.05, 0.1) is 44.0 Å². The second-order valence-corrected chi connectivity index (χ2v) is 11.2. The van der Waals surface area contributed by atoms with Crippen molar-refractivity contribution in [3.8, 4) is 11.5 Å². The van der Waals surface area contributed by atoms with E-state index < -0.39 is 15.9 Å². The molecule has 11 heteroatoms. The van der Waals surface area contributed by atoms with Gasteiger partial charge in [0.15, 0.2) is 11.5 Å². The Labute approximate surface area is 243 Å². The van der Waals surface area contributed by atoms with E-state index in [1.165, 1.54) is 43.0 Å². The van der Waals surface area contributed by atoms with Crippen molar-refractivity contribution in [2.24, 2.45) is 0 Å². The molecule has 0 unspecified atom stereocenters. The summed E-state index contributed by atoms with van der Waals surface area (Å²) in [5.74, 6) is -0.0424. The number of carbonyl (C=O) groups is 2. The maximum Gasteiger partial charge on any atom is 0.268 e. The van der Waals surface area contributed by atoms with E-state index in [4.69, 9.17) is 13.9 Å². The molecule has 0 saturated carbocycles. The van der Waals surface area contributed by atoms with Crippen molar-refractivity contribution in [2.45, 2.75) is 17.9 Å². The molecular formula is C31H29N3O7S. The fourth-order valence-electron chi connectivity index (χ4n) is 4.73. The number of carbonyl (C=O) groups excluding carboxylic acids is 2. The highest BCUT2D eigenvalue weighted by atomic mass is 32.2. The monoisotopic (exact) mass is 587 g/mol. The zero-order chi connectivity index (χ0) is 29.7. The van der Waals surface area contributed by atoms with Crippen LogP contribution in [0.15, 0.2) is 94.4 Å². The molecule has 0 aliphatic carbocycles. The first-order valence-corrected chi connectivity index (χ1v) is 14.5. The number of benzene rings is 3. The Hall–Kier alpha value is -5.03. The van der Waals surface area contributed by atoms with Crippen LogP contribution < -0.4 is 24.4 Å². The summed E-state index contributed by atoms with van der Waals surface area (Å²) in [6.45, 7) is 0.492. The van der Waals surface area contributed by atoms with Crippen LogP contribution >= 0.6 is 0 Å². The summed E-state index contributed by atoms with van der Waals surface area (Å²) < 4.78 is 45.2. The minimum atomic E-state index is -4.03. The highest BCUT2D eigenvalue weighted by molar-refractivity contribution is 7.93. The van der Waals surface area contributed by atoms with E-state index >= 15 is 0 Å². The highest BCUT2D eigenvalue weighted by Crippen LogP contribution is 2.40. The summed E-state index contributed by atoms with van der Waals surface area (Å²) in [6.07, 6.45) is 4.83. The van der Waals surface area contributed by atoms with E-state index in [1.54, 1.807) is 54.6 Å². The molecule has 0 spiro atoms. The number of hydrogen-bond acceptors (Lipinski definition) is 7. The molecule has 5 rings (SSSR count). The Kier molecular flexibility index (Phi) is 8.30. The minimum absolute atomic E-state index is 0.0676. The lowest BCUT2D eigenvalue weighted by Gasteiger charge is -2.22. The molecule has 0 saturated heterocycles. The van der Waals surface area contributed by atoms with Gasteiger partial charge in [-0.1, -0.05) is 30.3 Å². The van der Waals surface area contributed by atoms with Crippen LogP contribution in [0.2, 0.25) is 0 Å². The van der Waals surface area contributed by atoms with Crippen molar-refractivity contribution in [1.82, 2.24) is 5.32 Å². The average Bonchev–Trinajstić information content (AvgIpc) is 3.69. The van der Waals surface area contributed by atoms with Gasteiger partial charge in [-0.15, -0.1) is 0 Å². The molecule has 2 heterocycles. The second kappa shape index (κ2) is 12.2. The summed E-state index contributed by atoms with van der Waals surface area (Å²) in [7, 11) is -1.25. The molecule has 2 amide bonds. The molecular weight excluding hydrogens is 558 g/mol. The highest BCUT2D eigenvalue weighted by Gasteiger charge is 2.34. The number of methoxy groups -OCH3 is 2. The molecule has 0 bridgehead atoms. The molecule has 0 radical (unpaired) electrons. The molecule has 216 valence electrons. The molecule has 3 aromatic carbocycles. The Morgan fingerprint density at radius 1 is 1.00 bits per heavy atom. The van der Waals surface area contributed by atoms with Crippen molar-refractivity contribution < 1.29 is 31.9 Å². The molecule has 42 heavy (non-hydrogen) atoms. The summed E-state index contributed by atoms with van der Waals surface area (Å²) in [5.41, 5.74) is 2.54. The van der Waals surface area contributed by atoms with Crippen LogP contribution in [0.5, 0.6) is 11.5 Å². The van der Waals surface area contributed by atoms with E-state index in [-0.39, 0.29) is 34.4 Å². The maximum absolute atomic E-state index is 13.8. The topological polar surface area (TPSA) is 127 Å². The third-order valence-corrected chi connectivity index (χ3v) is 8.56. The first kappa shape index (κ1) is 28.5. The van der Waals surface area contributed by atoms with Gasteiger partial charge < -0.3 is 24.5 Å². The van der Waals surface area contributed by atoms with Gasteiger partial charge in [0.1, 0.15) is 10.7 Å². The van der Waals surface area contributed by atoms with Gasteiger partial charge in [-0.2, -0.15) is 0 Å². The second-order valence-electron chi connectivity index (χ2n) is 9.34. The number of sulfonamides is 1. The van der Waals surface area contributed by atoms with E-state index in [0.29, 0.717) is 35.7 Å². The molecule has 0 atom stereocenters. The van der Waals surface area contributed by atoms with Crippen molar-refractivity contribution in [3.05, 3.63) is 108 Å². The van der Waals surface area contributed by atoms with Crippen LogP contribution in [0.4, 0.5) is 11.4 Å². The third-order valence-electron chi connectivity index (χ3n) is 6.74. The van der Waals surface area contributed by atoms with Crippen LogP contribution in [0.3, 0.4) is 0 Å². The van der Waals surface area contributed by atoms with Crippen molar-refractivity contribution in [2.75, 3.05) is 30.4 Å². The number of rotatable bonds is 10. The molecule has 1 aliphatic heterocycles. The lowest BCUT2D eigenvalue weighted by atomic mass is 10.1. The van der Waals surface area contributed by atoms with E-state index in [1.807, 2.05) is 12.1 Å². The maximum atomic E-state index is 13.8. The third kappa shape index (κ3) is 5.86. The number of nitrogens with zero attached hydrogens (tertiary/aromatic N) is 1. The zero-order valence-electron chi connectivity index (χ0n) is 23.0. The van der Waals surface area contributed by atoms with Crippen LogP contribution in [0, 0.1) is 0 Å². The quantitative estimate of drug-likeness (QED) is 0.259. The number of ether oxygens (including phenoxy) is 2. The number of anilines is 2. The normalized spacial score (nSPS) is 12.7. The van der Waals surface area contributed by atoms with E-state index in [9.17, 15) is 18.0 Å². The lowest BCUT2D eigenvalue weighted by Crippen LogP contribution is -2.29. The number of nitrogens with one attached hydrogen (secondary N) is 2. The van der Waals surface area contributed by atoms with Gasteiger partial charge in [0.25, 0.3) is 15.9 Å². The smallest absolute Gasteiger partial charge is 0.268 e. The Balaban J connectivity index is 1.38. The molecule has 10 nitrogen and oxygen atoms in total. The van der Waals surface area contributed by atoms with E-state index in [2.05, 4.69) is 10.6 Å². The van der Waals surface area contributed by atoms with Gasteiger partial charge in [0, 0.05) is 12.6 Å².